The highest BCUT2D eigenvalue weighted by atomic mass is 15.0. The van der Waals surface area contributed by atoms with Crippen molar-refractivity contribution in [2.75, 3.05) is 0 Å². The highest BCUT2D eigenvalue weighted by Crippen LogP contribution is 2.31. The van der Waals surface area contributed by atoms with Crippen molar-refractivity contribution in [2.24, 2.45) is 0 Å². The quantitative estimate of drug-likeness (QED) is 0.159. The van der Waals surface area contributed by atoms with Gasteiger partial charge in [-0.3, -0.25) is 9.97 Å². The summed E-state index contributed by atoms with van der Waals surface area (Å²) in [5.74, 6) is 1.91. The molecule has 54 heavy (non-hydrogen) atoms. The van der Waals surface area contributed by atoms with Crippen molar-refractivity contribution in [3.05, 3.63) is 200 Å². The Morgan fingerprint density at radius 1 is 0.241 bits per heavy atom. The minimum Gasteiger partial charge on any atom is -0.255 e. The molecule has 0 fully saturated rings. The fourth-order valence-electron chi connectivity index (χ4n) is 6.57. The molecule has 0 aliphatic carbocycles. The number of benzene rings is 6. The normalized spacial score (nSPS) is 11.0. The Morgan fingerprint density at radius 3 is 1.15 bits per heavy atom. The number of hydrogen-bond acceptors (Lipinski definition) is 5. The highest BCUT2D eigenvalue weighted by molar-refractivity contribution is 5.76. The maximum Gasteiger partial charge on any atom is 0.164 e. The van der Waals surface area contributed by atoms with E-state index in [1.807, 2.05) is 66.9 Å². The molecule has 0 radical (unpaired) electrons. The molecule has 0 saturated heterocycles. The number of aromatic nitrogens is 5. The highest BCUT2D eigenvalue weighted by Gasteiger charge is 2.14. The molecule has 0 N–H and O–H groups in total. The Kier molecular flexibility index (Phi) is 8.86. The summed E-state index contributed by atoms with van der Waals surface area (Å²) in [5, 5.41) is 0. The maximum absolute atomic E-state index is 5.00. The van der Waals surface area contributed by atoms with E-state index >= 15 is 0 Å². The molecule has 254 valence electrons. The summed E-state index contributed by atoms with van der Waals surface area (Å²) in [6, 6.07) is 64.6. The van der Waals surface area contributed by atoms with Gasteiger partial charge in [0.15, 0.2) is 17.5 Å². The van der Waals surface area contributed by atoms with Crippen LogP contribution in [0.1, 0.15) is 0 Å². The molecule has 3 heterocycles. The third kappa shape index (κ3) is 6.94. The molecule has 3 aromatic heterocycles. The summed E-state index contributed by atoms with van der Waals surface area (Å²) in [7, 11) is 0. The van der Waals surface area contributed by atoms with Gasteiger partial charge < -0.3 is 0 Å². The lowest BCUT2D eigenvalue weighted by molar-refractivity contribution is 1.07. The second-order valence-electron chi connectivity index (χ2n) is 13.0. The summed E-state index contributed by atoms with van der Waals surface area (Å²) in [6.45, 7) is 0. The Hall–Kier alpha value is -7.37. The van der Waals surface area contributed by atoms with E-state index in [-0.39, 0.29) is 0 Å². The van der Waals surface area contributed by atoms with Crippen LogP contribution in [-0.4, -0.2) is 24.9 Å². The third-order valence-corrected chi connectivity index (χ3v) is 9.50. The van der Waals surface area contributed by atoms with Gasteiger partial charge in [-0.05, 0) is 63.2 Å². The van der Waals surface area contributed by atoms with Crippen LogP contribution in [0.2, 0.25) is 0 Å². The lowest BCUT2D eigenvalue weighted by Gasteiger charge is -2.10. The summed E-state index contributed by atoms with van der Waals surface area (Å²) < 4.78 is 0. The first-order valence-corrected chi connectivity index (χ1v) is 17.9. The lowest BCUT2D eigenvalue weighted by Crippen LogP contribution is -2.00. The van der Waals surface area contributed by atoms with Crippen molar-refractivity contribution >= 4 is 0 Å². The van der Waals surface area contributed by atoms with Crippen LogP contribution in [0.5, 0.6) is 0 Å². The first-order valence-electron chi connectivity index (χ1n) is 17.9. The number of hydrogen-bond donors (Lipinski definition) is 0. The third-order valence-electron chi connectivity index (χ3n) is 9.50. The zero-order chi connectivity index (χ0) is 36.1. The van der Waals surface area contributed by atoms with Crippen LogP contribution in [0.25, 0.3) is 90.1 Å². The van der Waals surface area contributed by atoms with Gasteiger partial charge in [0, 0.05) is 34.6 Å². The minimum atomic E-state index is 0.634. The van der Waals surface area contributed by atoms with E-state index in [9.17, 15) is 0 Å². The number of pyridine rings is 2. The van der Waals surface area contributed by atoms with Crippen LogP contribution in [0.4, 0.5) is 0 Å². The van der Waals surface area contributed by atoms with Crippen LogP contribution < -0.4 is 0 Å². The average Bonchev–Trinajstić information content (AvgIpc) is 3.27. The minimum absolute atomic E-state index is 0.634. The van der Waals surface area contributed by atoms with Crippen molar-refractivity contribution in [3.63, 3.8) is 0 Å². The van der Waals surface area contributed by atoms with Crippen LogP contribution in [0.3, 0.4) is 0 Å². The fourth-order valence-corrected chi connectivity index (χ4v) is 6.57. The number of nitrogens with zero attached hydrogens (tertiary/aromatic N) is 5. The molecule has 0 aliphatic heterocycles. The molecular weight excluding hydrogens is 659 g/mol. The molecule has 6 aromatic carbocycles. The van der Waals surface area contributed by atoms with Crippen LogP contribution >= 0.6 is 0 Å². The van der Waals surface area contributed by atoms with Crippen LogP contribution in [-0.2, 0) is 0 Å². The van der Waals surface area contributed by atoms with Crippen molar-refractivity contribution in [3.8, 4) is 90.1 Å². The van der Waals surface area contributed by atoms with Crippen LogP contribution in [0.15, 0.2) is 200 Å². The molecule has 5 heteroatoms. The summed E-state index contributed by atoms with van der Waals surface area (Å²) in [6.07, 6.45) is 3.70. The molecule has 0 spiro atoms. The molecule has 9 rings (SSSR count). The average molecular weight is 692 g/mol. The van der Waals surface area contributed by atoms with Gasteiger partial charge in [0.25, 0.3) is 0 Å². The van der Waals surface area contributed by atoms with Gasteiger partial charge in [-0.1, -0.05) is 164 Å². The monoisotopic (exact) mass is 691 g/mol. The van der Waals surface area contributed by atoms with Gasteiger partial charge in [0.05, 0.1) is 11.4 Å². The zero-order valence-corrected chi connectivity index (χ0v) is 29.3. The topological polar surface area (TPSA) is 64.5 Å². The molecule has 5 nitrogen and oxygen atoms in total. The number of rotatable bonds is 8. The standard InChI is InChI=1S/C49H33N5/c1-3-10-34(11-4-1)42-14-9-15-43(32-42)49-53-47(40-12-5-2-6-13-40)52-48(54-49)41-27-25-38(26-28-41)36-19-17-35(18-20-36)37-21-23-39(24-22-37)44-29-30-46(51-33-44)45-16-7-8-31-50-45/h1-33H. The van der Waals surface area contributed by atoms with E-state index in [2.05, 4.69) is 137 Å². The fraction of sp³-hybridized carbons (Fsp3) is 0. The van der Waals surface area contributed by atoms with Crippen molar-refractivity contribution in [1.29, 1.82) is 0 Å². The summed E-state index contributed by atoms with van der Waals surface area (Å²) in [4.78, 5) is 23.9. The van der Waals surface area contributed by atoms with E-state index in [1.54, 1.807) is 6.20 Å². The SMILES string of the molecule is c1ccc(-c2cccc(-c3nc(-c4ccccc4)nc(-c4ccc(-c5ccc(-c6ccc(-c7ccc(-c8ccccn8)nc7)cc6)cc5)cc4)n3)c2)cc1. The van der Waals surface area contributed by atoms with Gasteiger partial charge in [-0.2, -0.15) is 0 Å². The maximum atomic E-state index is 5.00. The van der Waals surface area contributed by atoms with Gasteiger partial charge in [0.1, 0.15) is 0 Å². The molecule has 0 aliphatic rings. The van der Waals surface area contributed by atoms with Gasteiger partial charge >= 0.3 is 0 Å². The predicted molar refractivity (Wildman–Crippen MR) is 219 cm³/mol. The predicted octanol–water partition coefficient (Wildman–Crippen LogP) is 12.0. The van der Waals surface area contributed by atoms with E-state index in [0.717, 1.165) is 72.6 Å². The molecule has 0 amide bonds. The van der Waals surface area contributed by atoms with Gasteiger partial charge in [0.2, 0.25) is 0 Å². The molecule has 9 aromatic rings. The van der Waals surface area contributed by atoms with Crippen molar-refractivity contribution in [2.45, 2.75) is 0 Å². The van der Waals surface area contributed by atoms with Crippen molar-refractivity contribution in [1.82, 2.24) is 24.9 Å². The molecule has 0 atom stereocenters. The Balaban J connectivity index is 0.954. The smallest absolute Gasteiger partial charge is 0.164 e. The summed E-state index contributed by atoms with van der Waals surface area (Å²) in [5.41, 5.74) is 13.6. The second kappa shape index (κ2) is 14.7. The Morgan fingerprint density at radius 2 is 0.630 bits per heavy atom. The first kappa shape index (κ1) is 32.5. The molecular formula is C49H33N5. The van der Waals surface area contributed by atoms with Gasteiger partial charge in [-0.25, -0.2) is 15.0 Å². The van der Waals surface area contributed by atoms with E-state index in [4.69, 9.17) is 15.0 Å². The largest absolute Gasteiger partial charge is 0.255 e. The Bertz CT molecular complexity index is 2640. The zero-order valence-electron chi connectivity index (χ0n) is 29.3. The van der Waals surface area contributed by atoms with E-state index < -0.39 is 0 Å². The molecule has 0 unspecified atom stereocenters. The summed E-state index contributed by atoms with van der Waals surface area (Å²) >= 11 is 0. The van der Waals surface area contributed by atoms with E-state index in [1.165, 1.54) is 0 Å². The second-order valence-corrected chi connectivity index (χ2v) is 13.0. The first-order chi connectivity index (χ1) is 26.7. The van der Waals surface area contributed by atoms with Gasteiger partial charge in [-0.15, -0.1) is 0 Å². The van der Waals surface area contributed by atoms with E-state index in [0.29, 0.717) is 17.5 Å². The molecule has 0 saturated carbocycles. The van der Waals surface area contributed by atoms with Crippen molar-refractivity contribution < 1.29 is 0 Å². The lowest BCUT2D eigenvalue weighted by atomic mass is 9.98. The Labute approximate surface area is 314 Å². The van der Waals surface area contributed by atoms with Crippen LogP contribution in [0, 0.1) is 0 Å². The molecule has 0 bridgehead atoms.